The molecule has 4 aromatic rings. The molecule has 2 aromatic heterocycles. The molecule has 2 N–H and O–H groups in total. The average molecular weight is 402 g/mol. The van der Waals surface area contributed by atoms with Crippen molar-refractivity contribution in [3.05, 3.63) is 65.3 Å². The van der Waals surface area contributed by atoms with Crippen LogP contribution >= 0.6 is 11.3 Å². The van der Waals surface area contributed by atoms with Crippen molar-refractivity contribution in [1.82, 2.24) is 15.2 Å². The summed E-state index contributed by atoms with van der Waals surface area (Å²) in [5.74, 6) is -0.230. The van der Waals surface area contributed by atoms with Crippen LogP contribution < -0.4 is 5.32 Å². The fourth-order valence-electron chi connectivity index (χ4n) is 2.71. The second kappa shape index (κ2) is 7.08. The highest BCUT2D eigenvalue weighted by molar-refractivity contribution is 7.13. The Labute approximate surface area is 161 Å². The quantitative estimate of drug-likeness (QED) is 0.511. The van der Waals surface area contributed by atoms with Crippen molar-refractivity contribution in [2.45, 2.75) is 12.6 Å². The van der Waals surface area contributed by atoms with Crippen LogP contribution in [0.4, 0.5) is 18.9 Å². The van der Waals surface area contributed by atoms with Crippen LogP contribution in [0, 0.1) is 0 Å². The van der Waals surface area contributed by atoms with Crippen molar-refractivity contribution >= 4 is 33.8 Å². The molecule has 0 bridgehead atoms. The Balaban J connectivity index is 1.43. The first-order chi connectivity index (χ1) is 13.4. The van der Waals surface area contributed by atoms with Gasteiger partial charge in [0.15, 0.2) is 0 Å². The molecule has 4 rings (SSSR count). The van der Waals surface area contributed by atoms with Gasteiger partial charge in [0.1, 0.15) is 5.01 Å². The zero-order chi connectivity index (χ0) is 19.7. The van der Waals surface area contributed by atoms with Crippen LogP contribution in [-0.2, 0) is 17.4 Å². The molecule has 9 heteroatoms. The van der Waals surface area contributed by atoms with E-state index in [1.807, 2.05) is 12.1 Å². The minimum Gasteiger partial charge on any atom is -0.326 e. The van der Waals surface area contributed by atoms with Gasteiger partial charge in [0, 0.05) is 22.0 Å². The fourth-order valence-corrected chi connectivity index (χ4v) is 3.54. The lowest BCUT2D eigenvalue weighted by molar-refractivity contribution is -0.137. The maximum Gasteiger partial charge on any atom is 0.416 e. The number of carbonyl (C=O) groups excluding carboxylic acids is 1. The number of benzene rings is 2. The van der Waals surface area contributed by atoms with E-state index in [1.165, 1.54) is 23.5 Å². The first-order valence-corrected chi connectivity index (χ1v) is 9.11. The van der Waals surface area contributed by atoms with Gasteiger partial charge in [-0.2, -0.15) is 18.3 Å². The first-order valence-electron chi connectivity index (χ1n) is 8.23. The summed E-state index contributed by atoms with van der Waals surface area (Å²) in [6, 6.07) is 10.2. The van der Waals surface area contributed by atoms with Crippen LogP contribution in [0.15, 0.2) is 54.0 Å². The number of halogens is 3. The molecule has 0 saturated heterocycles. The minimum absolute atomic E-state index is 0.0700. The predicted molar refractivity (Wildman–Crippen MR) is 101 cm³/mol. The van der Waals surface area contributed by atoms with E-state index in [4.69, 9.17) is 0 Å². The third-order valence-electron chi connectivity index (χ3n) is 4.08. The zero-order valence-corrected chi connectivity index (χ0v) is 15.1. The van der Waals surface area contributed by atoms with Crippen molar-refractivity contribution in [2.24, 2.45) is 0 Å². The van der Waals surface area contributed by atoms with Crippen LogP contribution in [0.3, 0.4) is 0 Å². The lowest BCUT2D eigenvalue weighted by Crippen LogP contribution is -2.14. The Morgan fingerprint density at radius 2 is 1.93 bits per heavy atom. The van der Waals surface area contributed by atoms with E-state index >= 15 is 0 Å². The summed E-state index contributed by atoms with van der Waals surface area (Å²) in [5.41, 5.74) is 1.95. The highest BCUT2D eigenvalue weighted by Gasteiger charge is 2.30. The number of hydrogen-bond acceptors (Lipinski definition) is 4. The number of amides is 1. The molecule has 0 aliphatic rings. The number of fused-ring (bicyclic) bond motifs is 1. The standard InChI is InChI=1S/C19H13F3N4OS/c20-19(21,22)13-3-1-11(2-4-13)18-25-15(10-28-18)8-17(27)24-14-5-6-16-12(7-14)9-23-26-16/h1-7,9-10H,8H2,(H,23,26)(H,24,27). The predicted octanol–water partition coefficient (Wildman–Crippen LogP) is 4.89. The smallest absolute Gasteiger partial charge is 0.326 e. The van der Waals surface area contributed by atoms with E-state index in [2.05, 4.69) is 20.5 Å². The third-order valence-corrected chi connectivity index (χ3v) is 5.02. The van der Waals surface area contributed by atoms with E-state index in [0.29, 0.717) is 22.0 Å². The van der Waals surface area contributed by atoms with Gasteiger partial charge < -0.3 is 5.32 Å². The molecular weight excluding hydrogens is 389 g/mol. The lowest BCUT2D eigenvalue weighted by atomic mass is 10.1. The number of hydrogen-bond donors (Lipinski definition) is 2. The van der Waals surface area contributed by atoms with Gasteiger partial charge in [0.2, 0.25) is 5.91 Å². The zero-order valence-electron chi connectivity index (χ0n) is 14.2. The molecule has 2 aromatic carbocycles. The number of carbonyl (C=O) groups is 1. The van der Waals surface area contributed by atoms with Crippen molar-refractivity contribution in [3.8, 4) is 10.6 Å². The summed E-state index contributed by atoms with van der Waals surface area (Å²) >= 11 is 1.28. The first kappa shape index (κ1) is 18.2. The van der Waals surface area contributed by atoms with Gasteiger partial charge in [-0.1, -0.05) is 12.1 Å². The molecule has 1 amide bonds. The van der Waals surface area contributed by atoms with Crippen molar-refractivity contribution in [1.29, 1.82) is 0 Å². The van der Waals surface area contributed by atoms with E-state index in [1.54, 1.807) is 17.6 Å². The largest absolute Gasteiger partial charge is 0.416 e. The average Bonchev–Trinajstić information content (AvgIpc) is 3.30. The minimum atomic E-state index is -4.37. The Hall–Kier alpha value is -3.20. The number of thiazole rings is 1. The SMILES string of the molecule is O=C(Cc1csc(-c2ccc(C(F)(F)F)cc2)n1)Nc1ccc2[nH]ncc2c1. The molecule has 28 heavy (non-hydrogen) atoms. The monoisotopic (exact) mass is 402 g/mol. The van der Waals surface area contributed by atoms with E-state index < -0.39 is 11.7 Å². The normalized spacial score (nSPS) is 11.7. The molecule has 0 aliphatic carbocycles. The number of rotatable bonds is 4. The molecular formula is C19H13F3N4OS. The number of aromatic nitrogens is 3. The number of H-pyrrole nitrogens is 1. The summed E-state index contributed by atoms with van der Waals surface area (Å²) < 4.78 is 38.0. The van der Waals surface area contributed by atoms with Crippen LogP contribution in [0.2, 0.25) is 0 Å². The van der Waals surface area contributed by atoms with Crippen molar-refractivity contribution in [3.63, 3.8) is 0 Å². The molecule has 2 heterocycles. The maximum atomic E-state index is 12.7. The van der Waals surface area contributed by atoms with Crippen LogP contribution in [0.25, 0.3) is 21.5 Å². The van der Waals surface area contributed by atoms with Crippen LogP contribution in [0.5, 0.6) is 0 Å². The summed E-state index contributed by atoms with van der Waals surface area (Å²) in [4.78, 5) is 16.6. The van der Waals surface area contributed by atoms with Crippen LogP contribution in [0.1, 0.15) is 11.3 Å². The number of alkyl halides is 3. The third kappa shape index (κ3) is 3.89. The fraction of sp³-hybridized carbons (Fsp3) is 0.105. The topological polar surface area (TPSA) is 70.7 Å². The molecule has 0 radical (unpaired) electrons. The van der Waals surface area contributed by atoms with Gasteiger partial charge in [0.05, 0.1) is 29.4 Å². The summed E-state index contributed by atoms with van der Waals surface area (Å²) in [7, 11) is 0. The Morgan fingerprint density at radius 3 is 2.68 bits per heavy atom. The van der Waals surface area contributed by atoms with E-state index in [9.17, 15) is 18.0 Å². The van der Waals surface area contributed by atoms with Gasteiger partial charge in [-0.05, 0) is 30.3 Å². The highest BCUT2D eigenvalue weighted by atomic mass is 32.1. The number of nitrogens with one attached hydrogen (secondary N) is 2. The lowest BCUT2D eigenvalue weighted by Gasteiger charge is -2.06. The van der Waals surface area contributed by atoms with Crippen molar-refractivity contribution in [2.75, 3.05) is 5.32 Å². The molecule has 0 saturated carbocycles. The second-order valence-electron chi connectivity index (χ2n) is 6.12. The summed E-state index contributed by atoms with van der Waals surface area (Å²) in [6.07, 6.45) is -2.63. The molecule has 0 spiro atoms. The van der Waals surface area contributed by atoms with Gasteiger partial charge in [-0.25, -0.2) is 4.98 Å². The van der Waals surface area contributed by atoms with E-state index in [-0.39, 0.29) is 12.3 Å². The van der Waals surface area contributed by atoms with Crippen LogP contribution in [-0.4, -0.2) is 21.1 Å². The number of nitrogens with zero attached hydrogens (tertiary/aromatic N) is 2. The molecule has 0 unspecified atom stereocenters. The Morgan fingerprint density at radius 1 is 1.14 bits per heavy atom. The Bertz CT molecular complexity index is 1130. The maximum absolute atomic E-state index is 12.7. The highest BCUT2D eigenvalue weighted by Crippen LogP contribution is 2.31. The number of aromatic amines is 1. The summed E-state index contributed by atoms with van der Waals surface area (Å²) in [5, 5.41) is 12.8. The Kier molecular flexibility index (Phi) is 4.60. The van der Waals surface area contributed by atoms with Crippen molar-refractivity contribution < 1.29 is 18.0 Å². The molecule has 0 aliphatic heterocycles. The van der Waals surface area contributed by atoms with Gasteiger partial charge in [-0.15, -0.1) is 11.3 Å². The summed E-state index contributed by atoms with van der Waals surface area (Å²) in [6.45, 7) is 0. The van der Waals surface area contributed by atoms with E-state index in [0.717, 1.165) is 23.0 Å². The van der Waals surface area contributed by atoms with Gasteiger partial charge in [0.25, 0.3) is 0 Å². The number of anilines is 1. The van der Waals surface area contributed by atoms with Gasteiger partial charge in [-0.3, -0.25) is 9.89 Å². The molecule has 0 fully saturated rings. The second-order valence-corrected chi connectivity index (χ2v) is 6.97. The molecule has 142 valence electrons. The molecule has 0 atom stereocenters. The van der Waals surface area contributed by atoms with Gasteiger partial charge >= 0.3 is 6.18 Å². The molecule has 5 nitrogen and oxygen atoms in total.